The molecule has 1 aliphatic carbocycles. The van der Waals surface area contributed by atoms with Crippen molar-refractivity contribution < 1.29 is 9.59 Å². The maximum Gasteiger partial charge on any atom is 0.224 e. The van der Waals surface area contributed by atoms with Crippen LogP contribution in [0.4, 0.5) is 0 Å². The molecule has 2 N–H and O–H groups in total. The van der Waals surface area contributed by atoms with Gasteiger partial charge in [-0.2, -0.15) is 0 Å². The summed E-state index contributed by atoms with van der Waals surface area (Å²) in [4.78, 5) is 25.3. The van der Waals surface area contributed by atoms with E-state index in [4.69, 9.17) is 46.4 Å². The fourth-order valence-corrected chi connectivity index (χ4v) is 5.83. The van der Waals surface area contributed by atoms with Crippen molar-refractivity contribution in [2.45, 2.75) is 58.9 Å². The minimum Gasteiger partial charge on any atom is -0.355 e. The molecule has 0 aliphatic heterocycles. The van der Waals surface area contributed by atoms with Crippen molar-refractivity contribution in [1.82, 2.24) is 10.6 Å². The number of amides is 2. The van der Waals surface area contributed by atoms with E-state index in [1.54, 1.807) is 30.3 Å². The van der Waals surface area contributed by atoms with Crippen LogP contribution in [0.1, 0.15) is 51.2 Å². The van der Waals surface area contributed by atoms with E-state index in [0.717, 1.165) is 30.4 Å². The Balaban J connectivity index is 1.58. The predicted molar refractivity (Wildman–Crippen MR) is 141 cm³/mol. The lowest BCUT2D eigenvalue weighted by Crippen LogP contribution is -2.50. The summed E-state index contributed by atoms with van der Waals surface area (Å²) in [6, 6.07) is 10.5. The lowest BCUT2D eigenvalue weighted by atomic mass is 9.62. The number of halogens is 4. The maximum atomic E-state index is 12.7. The highest BCUT2D eigenvalue weighted by molar-refractivity contribution is 6.42. The monoisotopic (exact) mass is 542 g/mol. The van der Waals surface area contributed by atoms with E-state index in [2.05, 4.69) is 31.4 Å². The topological polar surface area (TPSA) is 58.2 Å². The van der Waals surface area contributed by atoms with Gasteiger partial charge in [-0.1, -0.05) is 79.3 Å². The highest BCUT2D eigenvalue weighted by Gasteiger charge is 2.41. The Bertz CT molecular complexity index is 1070. The van der Waals surface area contributed by atoms with Gasteiger partial charge in [-0.3, -0.25) is 9.59 Å². The van der Waals surface area contributed by atoms with Crippen molar-refractivity contribution >= 4 is 58.2 Å². The molecule has 0 heterocycles. The summed E-state index contributed by atoms with van der Waals surface area (Å²) in [6.07, 6.45) is 3.10. The van der Waals surface area contributed by atoms with Crippen LogP contribution < -0.4 is 10.6 Å². The summed E-state index contributed by atoms with van der Waals surface area (Å²) >= 11 is 24.1. The number of rotatable bonds is 7. The van der Waals surface area contributed by atoms with Gasteiger partial charge in [-0.15, -0.1) is 0 Å². The molecule has 8 heteroatoms. The molecule has 1 aliphatic rings. The number of hydrogen-bond donors (Lipinski definition) is 2. The van der Waals surface area contributed by atoms with E-state index in [-0.39, 0.29) is 41.5 Å². The molecule has 1 fully saturated rings. The van der Waals surface area contributed by atoms with Crippen LogP contribution in [0.5, 0.6) is 0 Å². The third kappa shape index (κ3) is 7.78. The molecule has 4 nitrogen and oxygen atoms in total. The molecule has 0 aromatic heterocycles. The summed E-state index contributed by atoms with van der Waals surface area (Å²) in [5, 5.41) is 8.09. The molecule has 1 saturated carbocycles. The second-order valence-electron chi connectivity index (χ2n) is 10.5. The van der Waals surface area contributed by atoms with Gasteiger partial charge in [0.25, 0.3) is 0 Å². The standard InChI is InChI=1S/C26H30Cl4N2O2/c1-25(2)12-18(32-24(34)11-17-5-7-20(28)22(30)9-17)13-26(3,14-25)15-31-23(33)10-16-4-6-19(27)21(29)8-16/h4-9,18H,10-15H2,1-3H3,(H,31,33)(H,32,34). The highest BCUT2D eigenvalue weighted by Crippen LogP contribution is 2.45. The Morgan fingerprint density at radius 3 is 1.88 bits per heavy atom. The first-order chi connectivity index (χ1) is 15.8. The van der Waals surface area contributed by atoms with Crippen molar-refractivity contribution in [2.24, 2.45) is 10.8 Å². The normalized spacial score (nSPS) is 21.7. The van der Waals surface area contributed by atoms with Crippen molar-refractivity contribution in [2.75, 3.05) is 6.54 Å². The highest BCUT2D eigenvalue weighted by atomic mass is 35.5. The quantitative estimate of drug-likeness (QED) is 0.399. The molecule has 0 saturated heterocycles. The van der Waals surface area contributed by atoms with E-state index >= 15 is 0 Å². The molecular formula is C26H30Cl4N2O2. The zero-order chi connectivity index (χ0) is 25.1. The van der Waals surface area contributed by atoms with Crippen LogP contribution in [0, 0.1) is 10.8 Å². The Labute approximate surface area is 221 Å². The lowest BCUT2D eigenvalue weighted by Gasteiger charge is -2.47. The fourth-order valence-electron chi connectivity index (χ4n) is 5.19. The molecule has 184 valence electrons. The average Bonchev–Trinajstić information content (AvgIpc) is 2.70. The summed E-state index contributed by atoms with van der Waals surface area (Å²) in [5.74, 6) is -0.115. The average molecular weight is 544 g/mol. The molecule has 2 atom stereocenters. The van der Waals surface area contributed by atoms with Gasteiger partial charge in [0.2, 0.25) is 11.8 Å². The summed E-state index contributed by atoms with van der Waals surface area (Å²) < 4.78 is 0. The second kappa shape index (κ2) is 11.1. The van der Waals surface area contributed by atoms with Crippen LogP contribution in [0.25, 0.3) is 0 Å². The molecular weight excluding hydrogens is 514 g/mol. The van der Waals surface area contributed by atoms with Crippen molar-refractivity contribution in [1.29, 1.82) is 0 Å². The smallest absolute Gasteiger partial charge is 0.224 e. The van der Waals surface area contributed by atoms with Gasteiger partial charge in [-0.05, 0) is 65.5 Å². The van der Waals surface area contributed by atoms with Gasteiger partial charge in [0.1, 0.15) is 0 Å². The van der Waals surface area contributed by atoms with Gasteiger partial charge in [0.05, 0.1) is 32.9 Å². The van der Waals surface area contributed by atoms with Crippen LogP contribution in [0.2, 0.25) is 20.1 Å². The van der Waals surface area contributed by atoms with Crippen molar-refractivity contribution in [3.63, 3.8) is 0 Å². The van der Waals surface area contributed by atoms with E-state index in [1.807, 2.05) is 6.07 Å². The summed E-state index contributed by atoms with van der Waals surface area (Å²) in [5.41, 5.74) is 1.52. The first kappa shape index (κ1) is 27.1. The Morgan fingerprint density at radius 1 is 0.824 bits per heavy atom. The number of benzene rings is 2. The van der Waals surface area contributed by atoms with Gasteiger partial charge in [0, 0.05) is 12.6 Å². The number of carbonyl (C=O) groups is 2. The molecule has 2 unspecified atom stereocenters. The minimum absolute atomic E-state index is 0.0241. The van der Waals surface area contributed by atoms with Crippen LogP contribution in [-0.2, 0) is 22.4 Å². The van der Waals surface area contributed by atoms with E-state index in [9.17, 15) is 9.59 Å². The zero-order valence-corrected chi connectivity index (χ0v) is 22.6. The van der Waals surface area contributed by atoms with Crippen LogP contribution in [0.15, 0.2) is 36.4 Å². The first-order valence-electron chi connectivity index (χ1n) is 11.3. The molecule has 2 aromatic rings. The minimum atomic E-state index is -0.142. The SMILES string of the molecule is CC1(C)CC(NC(=O)Cc2ccc(Cl)c(Cl)c2)CC(C)(CNC(=O)Cc2ccc(Cl)c(Cl)c2)C1. The fraction of sp³-hybridized carbons (Fsp3) is 0.462. The van der Waals surface area contributed by atoms with Crippen molar-refractivity contribution in [3.8, 4) is 0 Å². The number of nitrogens with one attached hydrogen (secondary N) is 2. The Hall–Kier alpha value is -1.46. The second-order valence-corrected chi connectivity index (χ2v) is 12.1. The molecule has 2 aromatic carbocycles. The largest absolute Gasteiger partial charge is 0.355 e. The van der Waals surface area contributed by atoms with Crippen molar-refractivity contribution in [3.05, 3.63) is 67.6 Å². The predicted octanol–water partition coefficient (Wildman–Crippen LogP) is 6.90. The van der Waals surface area contributed by atoms with E-state index in [1.165, 1.54) is 0 Å². The molecule has 0 radical (unpaired) electrons. The lowest BCUT2D eigenvalue weighted by molar-refractivity contribution is -0.123. The van der Waals surface area contributed by atoms with E-state index < -0.39 is 0 Å². The van der Waals surface area contributed by atoms with Gasteiger partial charge >= 0.3 is 0 Å². The summed E-state index contributed by atoms with van der Waals surface area (Å²) in [6.45, 7) is 7.13. The Kier molecular flexibility index (Phi) is 8.84. The van der Waals surface area contributed by atoms with Crippen LogP contribution in [0.3, 0.4) is 0 Å². The van der Waals surface area contributed by atoms with E-state index in [0.29, 0.717) is 26.6 Å². The molecule has 0 spiro atoms. The van der Waals surface area contributed by atoms with Gasteiger partial charge < -0.3 is 10.6 Å². The molecule has 0 bridgehead atoms. The van der Waals surface area contributed by atoms with Crippen LogP contribution in [-0.4, -0.2) is 24.4 Å². The Morgan fingerprint density at radius 2 is 1.35 bits per heavy atom. The molecule has 3 rings (SSSR count). The molecule has 2 amide bonds. The maximum absolute atomic E-state index is 12.7. The number of carbonyl (C=O) groups excluding carboxylic acids is 2. The summed E-state index contributed by atoms with van der Waals surface area (Å²) in [7, 11) is 0. The van der Waals surface area contributed by atoms with Gasteiger partial charge in [-0.25, -0.2) is 0 Å². The van der Waals surface area contributed by atoms with Crippen LogP contribution >= 0.6 is 46.4 Å². The third-order valence-electron chi connectivity index (χ3n) is 6.22. The number of hydrogen-bond acceptors (Lipinski definition) is 2. The molecule has 34 heavy (non-hydrogen) atoms. The first-order valence-corrected chi connectivity index (χ1v) is 12.8. The zero-order valence-electron chi connectivity index (χ0n) is 19.6. The third-order valence-corrected chi connectivity index (χ3v) is 7.70. The van der Waals surface area contributed by atoms with Gasteiger partial charge in [0.15, 0.2) is 0 Å².